The van der Waals surface area contributed by atoms with Crippen LogP contribution in [0.1, 0.15) is 5.56 Å². The molecule has 4 nitrogen and oxygen atoms in total. The van der Waals surface area contributed by atoms with E-state index in [1.807, 2.05) is 6.07 Å². The summed E-state index contributed by atoms with van der Waals surface area (Å²) in [7, 11) is 3.08. The van der Waals surface area contributed by atoms with Crippen molar-refractivity contribution in [2.45, 2.75) is 6.42 Å². The number of rotatable bonds is 3. The van der Waals surface area contributed by atoms with Crippen LogP contribution in [0.25, 0.3) is 0 Å². The van der Waals surface area contributed by atoms with Crippen LogP contribution in [0.2, 0.25) is 0 Å². The number of pyridine rings is 1. The zero-order valence-electron chi connectivity index (χ0n) is 7.57. The largest absolute Gasteiger partial charge is 0.495 e. The van der Waals surface area contributed by atoms with Crippen LogP contribution in [-0.4, -0.2) is 19.2 Å². The summed E-state index contributed by atoms with van der Waals surface area (Å²) in [5, 5.41) is 8.54. The van der Waals surface area contributed by atoms with Crippen LogP contribution in [-0.2, 0) is 6.42 Å². The summed E-state index contributed by atoms with van der Waals surface area (Å²) in [6.07, 6.45) is 1.84. The molecule has 0 aliphatic rings. The van der Waals surface area contributed by atoms with Crippen LogP contribution in [0.4, 0.5) is 0 Å². The zero-order valence-corrected chi connectivity index (χ0v) is 7.57. The summed E-state index contributed by atoms with van der Waals surface area (Å²) in [6.45, 7) is 0. The summed E-state index contributed by atoms with van der Waals surface area (Å²) >= 11 is 0. The highest BCUT2D eigenvalue weighted by Gasteiger charge is 2.04. The lowest BCUT2D eigenvalue weighted by atomic mass is 10.2. The Morgan fingerprint density at radius 2 is 2.23 bits per heavy atom. The van der Waals surface area contributed by atoms with Crippen LogP contribution in [0.5, 0.6) is 11.6 Å². The molecule has 1 aromatic heterocycles. The van der Waals surface area contributed by atoms with Gasteiger partial charge in [0.2, 0.25) is 5.88 Å². The Labute approximate surface area is 76.7 Å². The summed E-state index contributed by atoms with van der Waals surface area (Å²) in [5.41, 5.74) is 0.789. The van der Waals surface area contributed by atoms with Gasteiger partial charge in [0, 0.05) is 11.6 Å². The topological polar surface area (TPSA) is 55.1 Å². The zero-order chi connectivity index (χ0) is 9.68. The second-order valence-corrected chi connectivity index (χ2v) is 2.37. The van der Waals surface area contributed by atoms with Crippen molar-refractivity contribution < 1.29 is 9.47 Å². The minimum Gasteiger partial charge on any atom is -0.495 e. The molecule has 0 amide bonds. The van der Waals surface area contributed by atoms with Gasteiger partial charge >= 0.3 is 0 Å². The average molecular weight is 178 g/mol. The molecule has 4 heteroatoms. The predicted molar refractivity (Wildman–Crippen MR) is 46.7 cm³/mol. The van der Waals surface area contributed by atoms with Gasteiger partial charge in [0.15, 0.2) is 0 Å². The molecule has 0 aliphatic carbocycles. The van der Waals surface area contributed by atoms with Crippen LogP contribution >= 0.6 is 0 Å². The molecule has 0 aromatic carbocycles. The minimum absolute atomic E-state index is 0.294. The van der Waals surface area contributed by atoms with E-state index in [-0.39, 0.29) is 0 Å². The maximum Gasteiger partial charge on any atom is 0.213 e. The van der Waals surface area contributed by atoms with E-state index >= 15 is 0 Å². The smallest absolute Gasteiger partial charge is 0.213 e. The van der Waals surface area contributed by atoms with Gasteiger partial charge in [-0.1, -0.05) is 0 Å². The van der Waals surface area contributed by atoms with E-state index < -0.39 is 0 Å². The molecule has 0 unspecified atom stereocenters. The molecule has 68 valence electrons. The number of hydrogen-bond donors (Lipinski definition) is 0. The van der Waals surface area contributed by atoms with Gasteiger partial charge in [-0.3, -0.25) is 0 Å². The first kappa shape index (κ1) is 9.33. The highest BCUT2D eigenvalue weighted by Crippen LogP contribution is 2.21. The van der Waals surface area contributed by atoms with Crippen molar-refractivity contribution in [2.24, 2.45) is 0 Å². The highest BCUT2D eigenvalue weighted by atomic mass is 16.5. The number of nitriles is 1. The lowest BCUT2D eigenvalue weighted by Crippen LogP contribution is -1.95. The van der Waals surface area contributed by atoms with Crippen molar-refractivity contribution in [3.8, 4) is 17.7 Å². The fraction of sp³-hybridized carbons (Fsp3) is 0.333. The van der Waals surface area contributed by atoms with Crippen molar-refractivity contribution in [1.82, 2.24) is 4.98 Å². The summed E-state index contributed by atoms with van der Waals surface area (Å²) in [5.74, 6) is 1.11. The first-order valence-corrected chi connectivity index (χ1v) is 3.75. The lowest BCUT2D eigenvalue weighted by Gasteiger charge is -2.06. The SMILES string of the molecule is COc1cc(CC#N)c(OC)cn1. The van der Waals surface area contributed by atoms with E-state index in [4.69, 9.17) is 14.7 Å². The molecular weight excluding hydrogens is 168 g/mol. The third-order valence-corrected chi connectivity index (χ3v) is 1.62. The average Bonchev–Trinajstić information content (AvgIpc) is 2.18. The van der Waals surface area contributed by atoms with Gasteiger partial charge in [-0.15, -0.1) is 0 Å². The van der Waals surface area contributed by atoms with Gasteiger partial charge in [-0.25, -0.2) is 4.98 Å². The van der Waals surface area contributed by atoms with Crippen molar-refractivity contribution in [3.63, 3.8) is 0 Å². The predicted octanol–water partition coefficient (Wildman–Crippen LogP) is 1.16. The third kappa shape index (κ3) is 2.09. The van der Waals surface area contributed by atoms with E-state index in [0.29, 0.717) is 18.1 Å². The van der Waals surface area contributed by atoms with E-state index in [1.54, 1.807) is 19.4 Å². The van der Waals surface area contributed by atoms with Crippen LogP contribution in [0.3, 0.4) is 0 Å². The minimum atomic E-state index is 0.294. The van der Waals surface area contributed by atoms with Gasteiger partial charge in [0.05, 0.1) is 32.9 Å². The molecule has 13 heavy (non-hydrogen) atoms. The Bertz CT molecular complexity index is 331. The first-order valence-electron chi connectivity index (χ1n) is 3.75. The number of methoxy groups -OCH3 is 2. The van der Waals surface area contributed by atoms with E-state index in [9.17, 15) is 0 Å². The van der Waals surface area contributed by atoms with Gasteiger partial charge in [-0.05, 0) is 0 Å². The van der Waals surface area contributed by atoms with Crippen LogP contribution in [0.15, 0.2) is 12.3 Å². The Kier molecular flexibility index (Phi) is 3.09. The molecule has 1 aromatic rings. The maximum absolute atomic E-state index is 8.54. The van der Waals surface area contributed by atoms with Gasteiger partial charge in [0.1, 0.15) is 5.75 Å². The Morgan fingerprint density at radius 3 is 2.77 bits per heavy atom. The fourth-order valence-corrected chi connectivity index (χ4v) is 0.981. The van der Waals surface area contributed by atoms with Gasteiger partial charge < -0.3 is 9.47 Å². The van der Waals surface area contributed by atoms with Gasteiger partial charge in [-0.2, -0.15) is 5.26 Å². The normalized spacial score (nSPS) is 9.00. The molecule has 0 fully saturated rings. The molecular formula is C9H10N2O2. The molecule has 0 radical (unpaired) electrons. The quantitative estimate of drug-likeness (QED) is 0.697. The van der Waals surface area contributed by atoms with E-state index in [2.05, 4.69) is 4.98 Å². The van der Waals surface area contributed by atoms with Crippen LogP contribution < -0.4 is 9.47 Å². The Hall–Kier alpha value is -1.76. The number of hydrogen-bond acceptors (Lipinski definition) is 4. The number of nitrogens with zero attached hydrogens (tertiary/aromatic N) is 2. The molecule has 0 bridgehead atoms. The first-order chi connectivity index (χ1) is 6.31. The standard InChI is InChI=1S/C9H10N2O2/c1-12-8-6-11-9(13-2)5-7(8)3-4-10/h5-6H,3H2,1-2H3. The van der Waals surface area contributed by atoms with E-state index in [0.717, 1.165) is 5.56 Å². The van der Waals surface area contributed by atoms with Crippen molar-refractivity contribution in [1.29, 1.82) is 5.26 Å². The Balaban J connectivity index is 3.04. The lowest BCUT2D eigenvalue weighted by molar-refractivity contribution is 0.385. The molecule has 0 spiro atoms. The number of aromatic nitrogens is 1. The third-order valence-electron chi connectivity index (χ3n) is 1.62. The van der Waals surface area contributed by atoms with Crippen molar-refractivity contribution >= 4 is 0 Å². The second kappa shape index (κ2) is 4.31. The molecule has 0 N–H and O–H groups in total. The van der Waals surface area contributed by atoms with Crippen molar-refractivity contribution in [2.75, 3.05) is 14.2 Å². The highest BCUT2D eigenvalue weighted by molar-refractivity contribution is 5.36. The van der Waals surface area contributed by atoms with Crippen LogP contribution in [0, 0.1) is 11.3 Å². The summed E-state index contributed by atoms with van der Waals surface area (Å²) in [6, 6.07) is 3.74. The molecule has 0 aliphatic heterocycles. The monoisotopic (exact) mass is 178 g/mol. The fourth-order valence-electron chi connectivity index (χ4n) is 0.981. The molecule has 1 rings (SSSR count). The molecule has 0 saturated carbocycles. The van der Waals surface area contributed by atoms with Gasteiger partial charge in [0.25, 0.3) is 0 Å². The summed E-state index contributed by atoms with van der Waals surface area (Å²) in [4.78, 5) is 3.95. The summed E-state index contributed by atoms with van der Waals surface area (Å²) < 4.78 is 9.95. The van der Waals surface area contributed by atoms with Crippen molar-refractivity contribution in [3.05, 3.63) is 17.8 Å². The second-order valence-electron chi connectivity index (χ2n) is 2.37. The molecule has 1 heterocycles. The molecule has 0 atom stereocenters. The number of ether oxygens (including phenoxy) is 2. The molecule has 0 saturated heterocycles. The maximum atomic E-state index is 8.54. The van der Waals surface area contributed by atoms with E-state index in [1.165, 1.54) is 7.11 Å². The Morgan fingerprint density at radius 1 is 1.46 bits per heavy atom.